The second-order valence-corrected chi connectivity index (χ2v) is 3.39. The third-order valence-corrected chi connectivity index (χ3v) is 2.29. The third-order valence-electron chi connectivity index (χ3n) is 2.29. The summed E-state index contributed by atoms with van der Waals surface area (Å²) in [7, 11) is 1.91. The normalized spacial score (nSPS) is 12.1. The van der Waals surface area contributed by atoms with Crippen LogP contribution in [0.15, 0.2) is 30.3 Å². The first-order chi connectivity index (χ1) is 6.61. The Morgan fingerprint density at radius 2 is 2.00 bits per heavy atom. The van der Waals surface area contributed by atoms with Gasteiger partial charge >= 0.3 is 5.97 Å². The Morgan fingerprint density at radius 3 is 2.50 bits per heavy atom. The number of aliphatic carboxylic acids is 1. The maximum absolute atomic E-state index is 10.5. The maximum Gasteiger partial charge on any atom is 0.305 e. The molecule has 0 bridgehead atoms. The Labute approximate surface area is 84.0 Å². The molecule has 0 aliphatic heterocycles. The van der Waals surface area contributed by atoms with Gasteiger partial charge in [0.25, 0.3) is 0 Å². The van der Waals surface area contributed by atoms with Gasteiger partial charge in [-0.3, -0.25) is 4.79 Å². The molecule has 3 nitrogen and oxygen atoms in total. The lowest BCUT2D eigenvalue weighted by atomic mass is 10.2. The topological polar surface area (TPSA) is 40.5 Å². The van der Waals surface area contributed by atoms with Crippen LogP contribution in [0.3, 0.4) is 0 Å². The van der Waals surface area contributed by atoms with Gasteiger partial charge in [0, 0.05) is 18.8 Å². The quantitative estimate of drug-likeness (QED) is 0.795. The Bertz CT molecular complexity index is 297. The zero-order chi connectivity index (χ0) is 10.6. The average Bonchev–Trinajstić information content (AvgIpc) is 2.17. The zero-order valence-corrected chi connectivity index (χ0v) is 8.47. The number of hydrogen-bond donors (Lipinski definition) is 1. The first-order valence-corrected chi connectivity index (χ1v) is 4.61. The molecule has 1 aromatic rings. The molecule has 0 spiro atoms. The van der Waals surface area contributed by atoms with E-state index in [4.69, 9.17) is 5.11 Å². The molecule has 1 aromatic carbocycles. The van der Waals surface area contributed by atoms with Gasteiger partial charge in [0.2, 0.25) is 0 Å². The SMILES string of the molecule is CC(CC(=O)O)N(C)c1ccccc1. The van der Waals surface area contributed by atoms with E-state index in [1.165, 1.54) is 0 Å². The third kappa shape index (κ3) is 2.76. The molecule has 76 valence electrons. The summed E-state index contributed by atoms with van der Waals surface area (Å²) >= 11 is 0. The molecule has 3 heteroatoms. The molecule has 1 N–H and O–H groups in total. The van der Waals surface area contributed by atoms with E-state index >= 15 is 0 Å². The van der Waals surface area contributed by atoms with Gasteiger partial charge < -0.3 is 10.0 Å². The van der Waals surface area contributed by atoms with Crippen molar-refractivity contribution in [1.29, 1.82) is 0 Å². The van der Waals surface area contributed by atoms with Crippen molar-refractivity contribution in [1.82, 2.24) is 0 Å². The van der Waals surface area contributed by atoms with Crippen molar-refractivity contribution in [3.8, 4) is 0 Å². The highest BCUT2D eigenvalue weighted by Gasteiger charge is 2.12. The second kappa shape index (κ2) is 4.65. The van der Waals surface area contributed by atoms with E-state index in [-0.39, 0.29) is 12.5 Å². The highest BCUT2D eigenvalue weighted by atomic mass is 16.4. The number of rotatable bonds is 4. The van der Waals surface area contributed by atoms with Crippen molar-refractivity contribution in [3.05, 3.63) is 30.3 Å². The summed E-state index contributed by atoms with van der Waals surface area (Å²) in [6, 6.07) is 9.78. The number of hydrogen-bond acceptors (Lipinski definition) is 2. The van der Waals surface area contributed by atoms with Crippen LogP contribution in [0, 0.1) is 0 Å². The lowest BCUT2D eigenvalue weighted by molar-refractivity contribution is -0.137. The molecule has 0 aliphatic carbocycles. The standard InChI is InChI=1S/C11H15NO2/c1-9(8-11(13)14)12(2)10-6-4-3-5-7-10/h3-7,9H,8H2,1-2H3,(H,13,14). The monoisotopic (exact) mass is 193 g/mol. The molecule has 1 rings (SSSR count). The minimum absolute atomic E-state index is 0.00917. The molecule has 1 unspecified atom stereocenters. The van der Waals surface area contributed by atoms with E-state index in [1.54, 1.807) is 0 Å². The molecule has 0 aromatic heterocycles. The predicted molar refractivity (Wildman–Crippen MR) is 56.6 cm³/mol. The molecule has 0 heterocycles. The molecule has 0 saturated heterocycles. The van der Waals surface area contributed by atoms with Crippen molar-refractivity contribution >= 4 is 11.7 Å². The number of anilines is 1. The average molecular weight is 193 g/mol. The first-order valence-electron chi connectivity index (χ1n) is 4.61. The molecule has 0 fully saturated rings. The van der Waals surface area contributed by atoms with Crippen LogP contribution in [0.25, 0.3) is 0 Å². The fourth-order valence-corrected chi connectivity index (χ4v) is 1.31. The molecular weight excluding hydrogens is 178 g/mol. The van der Waals surface area contributed by atoms with Crippen molar-refractivity contribution in [2.24, 2.45) is 0 Å². The van der Waals surface area contributed by atoms with Crippen LogP contribution in [-0.2, 0) is 4.79 Å². The predicted octanol–water partition coefficient (Wildman–Crippen LogP) is 1.99. The highest BCUT2D eigenvalue weighted by Crippen LogP contribution is 2.15. The van der Waals surface area contributed by atoms with Crippen LogP contribution in [0.2, 0.25) is 0 Å². The Balaban J connectivity index is 2.65. The van der Waals surface area contributed by atoms with Gasteiger partial charge in [0.15, 0.2) is 0 Å². The van der Waals surface area contributed by atoms with Crippen molar-refractivity contribution in [2.45, 2.75) is 19.4 Å². The summed E-state index contributed by atoms with van der Waals surface area (Å²) in [6.07, 6.45) is 0.158. The number of carbonyl (C=O) groups is 1. The lowest BCUT2D eigenvalue weighted by Crippen LogP contribution is -2.30. The van der Waals surface area contributed by atoms with Gasteiger partial charge in [-0.05, 0) is 19.1 Å². The van der Waals surface area contributed by atoms with E-state index in [9.17, 15) is 4.79 Å². The number of benzene rings is 1. The van der Waals surface area contributed by atoms with Crippen molar-refractivity contribution in [2.75, 3.05) is 11.9 Å². The van der Waals surface area contributed by atoms with Gasteiger partial charge in [0.05, 0.1) is 6.42 Å². The van der Waals surface area contributed by atoms with Crippen LogP contribution >= 0.6 is 0 Å². The van der Waals surface area contributed by atoms with Crippen LogP contribution in [0.4, 0.5) is 5.69 Å². The molecular formula is C11H15NO2. The maximum atomic E-state index is 10.5. The minimum Gasteiger partial charge on any atom is -0.481 e. The number of carboxylic acids is 1. The largest absolute Gasteiger partial charge is 0.481 e. The number of para-hydroxylation sites is 1. The highest BCUT2D eigenvalue weighted by molar-refractivity contribution is 5.68. The second-order valence-electron chi connectivity index (χ2n) is 3.39. The molecule has 0 saturated carbocycles. The summed E-state index contributed by atoms with van der Waals surface area (Å²) in [5.74, 6) is -0.764. The smallest absolute Gasteiger partial charge is 0.305 e. The van der Waals surface area contributed by atoms with Crippen LogP contribution in [0.5, 0.6) is 0 Å². The van der Waals surface area contributed by atoms with Crippen molar-refractivity contribution < 1.29 is 9.90 Å². The van der Waals surface area contributed by atoms with Crippen LogP contribution < -0.4 is 4.90 Å². The number of carboxylic acid groups (broad SMARTS) is 1. The van der Waals surface area contributed by atoms with E-state index in [0.29, 0.717) is 0 Å². The van der Waals surface area contributed by atoms with E-state index in [0.717, 1.165) is 5.69 Å². The van der Waals surface area contributed by atoms with Gasteiger partial charge in [-0.2, -0.15) is 0 Å². The molecule has 0 aliphatic rings. The van der Waals surface area contributed by atoms with E-state index < -0.39 is 5.97 Å². The van der Waals surface area contributed by atoms with E-state index in [2.05, 4.69) is 0 Å². The Hall–Kier alpha value is -1.51. The summed E-state index contributed by atoms with van der Waals surface area (Å²) in [6.45, 7) is 1.90. The fraction of sp³-hybridized carbons (Fsp3) is 0.364. The van der Waals surface area contributed by atoms with Crippen LogP contribution in [-0.4, -0.2) is 24.2 Å². The molecule has 0 amide bonds. The lowest BCUT2D eigenvalue weighted by Gasteiger charge is -2.25. The minimum atomic E-state index is -0.764. The zero-order valence-electron chi connectivity index (χ0n) is 8.47. The van der Waals surface area contributed by atoms with Gasteiger partial charge in [-0.15, -0.1) is 0 Å². The summed E-state index contributed by atoms with van der Waals surface area (Å²) in [4.78, 5) is 12.5. The van der Waals surface area contributed by atoms with Gasteiger partial charge in [-0.1, -0.05) is 18.2 Å². The number of nitrogens with zero attached hydrogens (tertiary/aromatic N) is 1. The summed E-state index contributed by atoms with van der Waals surface area (Å²) < 4.78 is 0. The van der Waals surface area contributed by atoms with Crippen LogP contribution in [0.1, 0.15) is 13.3 Å². The van der Waals surface area contributed by atoms with E-state index in [1.807, 2.05) is 49.2 Å². The Kier molecular flexibility index (Phi) is 3.51. The molecule has 1 atom stereocenters. The summed E-state index contributed by atoms with van der Waals surface area (Å²) in [5.41, 5.74) is 1.04. The Morgan fingerprint density at radius 1 is 1.43 bits per heavy atom. The molecule has 14 heavy (non-hydrogen) atoms. The van der Waals surface area contributed by atoms with Crippen molar-refractivity contribution in [3.63, 3.8) is 0 Å². The van der Waals surface area contributed by atoms with Gasteiger partial charge in [0.1, 0.15) is 0 Å². The van der Waals surface area contributed by atoms with Gasteiger partial charge in [-0.25, -0.2) is 0 Å². The summed E-state index contributed by atoms with van der Waals surface area (Å²) in [5, 5.41) is 8.65. The first kappa shape index (κ1) is 10.6. The fourth-order valence-electron chi connectivity index (χ4n) is 1.31. The molecule has 0 radical (unpaired) electrons.